The largest absolute Gasteiger partial charge is 0.481 e. The van der Waals surface area contributed by atoms with Crippen LogP contribution in [0.15, 0.2) is 35.2 Å². The van der Waals surface area contributed by atoms with Crippen LogP contribution in [0, 0.1) is 0 Å². The molecule has 13 heteroatoms. The summed E-state index contributed by atoms with van der Waals surface area (Å²) in [4.78, 5) is 31.1. The van der Waals surface area contributed by atoms with E-state index in [1.54, 1.807) is 4.72 Å². The second-order valence-corrected chi connectivity index (χ2v) is 7.98. The van der Waals surface area contributed by atoms with E-state index in [2.05, 4.69) is 15.3 Å². The molecule has 174 valence electrons. The number of aromatic nitrogens is 2. The highest BCUT2D eigenvalue weighted by Crippen LogP contribution is 2.31. The van der Waals surface area contributed by atoms with Gasteiger partial charge in [-0.3, -0.25) is 10.1 Å². The van der Waals surface area contributed by atoms with E-state index in [4.69, 9.17) is 14.2 Å². The summed E-state index contributed by atoms with van der Waals surface area (Å²) in [6.07, 6.45) is -3.17. The molecule has 2 rings (SSSR count). The number of nitrogens with one attached hydrogen (secondary N) is 2. The first kappa shape index (κ1) is 24.8. The van der Waals surface area contributed by atoms with Crippen molar-refractivity contribution < 1.29 is 36.6 Å². The van der Waals surface area contributed by atoms with Crippen LogP contribution < -0.4 is 19.5 Å². The molecule has 11 nitrogen and oxygen atoms in total. The Kier molecular flexibility index (Phi) is 8.29. The number of alkyl halides is 1. The molecule has 0 radical (unpaired) electrons. The molecular weight excluding hydrogens is 447 g/mol. The van der Waals surface area contributed by atoms with Gasteiger partial charge >= 0.3 is 12.0 Å². The van der Waals surface area contributed by atoms with Gasteiger partial charge in [-0.2, -0.15) is 9.97 Å². The lowest BCUT2D eigenvalue weighted by atomic mass is 10.0. The summed E-state index contributed by atoms with van der Waals surface area (Å²) in [5.41, 5.74) is -0.114. The highest BCUT2D eigenvalue weighted by atomic mass is 32.2. The van der Waals surface area contributed by atoms with Gasteiger partial charge in [0, 0.05) is 12.5 Å². The van der Waals surface area contributed by atoms with Gasteiger partial charge in [0.2, 0.25) is 17.7 Å². The summed E-state index contributed by atoms with van der Waals surface area (Å²) in [5, 5.41) is 2.16. The van der Waals surface area contributed by atoms with Crippen LogP contribution in [0.25, 0.3) is 0 Å². The summed E-state index contributed by atoms with van der Waals surface area (Å²) in [5.74, 6) is -0.931. The molecule has 0 saturated carbocycles. The normalized spacial score (nSPS) is 12.9. The predicted molar refractivity (Wildman–Crippen MR) is 111 cm³/mol. The van der Waals surface area contributed by atoms with Crippen molar-refractivity contribution in [3.8, 4) is 11.8 Å². The smallest absolute Gasteiger partial charge is 0.335 e. The summed E-state index contributed by atoms with van der Waals surface area (Å²) in [6.45, 7) is 2.60. The van der Waals surface area contributed by atoms with Crippen molar-refractivity contribution in [2.24, 2.45) is 0 Å². The molecule has 0 aliphatic heterocycles. The SMILES string of the molecule is CCC(F)C(OC(C)=O)c1ccccc1S(=O)(=O)NC(=O)Nc1nc(OC)cc(OC)n1. The molecule has 0 aliphatic rings. The van der Waals surface area contributed by atoms with E-state index in [0.29, 0.717) is 0 Å². The predicted octanol–water partition coefficient (Wildman–Crippen LogP) is 2.36. The number of methoxy groups -OCH3 is 2. The number of halogens is 1. The van der Waals surface area contributed by atoms with Crippen LogP contribution in [0.5, 0.6) is 11.8 Å². The van der Waals surface area contributed by atoms with E-state index in [1.165, 1.54) is 45.4 Å². The third-order valence-electron chi connectivity index (χ3n) is 4.08. The van der Waals surface area contributed by atoms with Crippen molar-refractivity contribution in [1.29, 1.82) is 0 Å². The van der Waals surface area contributed by atoms with Crippen LogP contribution in [0.3, 0.4) is 0 Å². The highest BCUT2D eigenvalue weighted by Gasteiger charge is 2.31. The quantitative estimate of drug-likeness (QED) is 0.527. The van der Waals surface area contributed by atoms with E-state index in [1.807, 2.05) is 0 Å². The van der Waals surface area contributed by atoms with E-state index < -0.39 is 39.2 Å². The molecule has 2 atom stereocenters. The lowest BCUT2D eigenvalue weighted by Gasteiger charge is -2.23. The van der Waals surface area contributed by atoms with Crippen LogP contribution in [-0.4, -0.2) is 50.8 Å². The Hall–Kier alpha value is -3.48. The number of rotatable bonds is 9. The van der Waals surface area contributed by atoms with Gasteiger partial charge < -0.3 is 14.2 Å². The summed E-state index contributed by atoms with van der Waals surface area (Å²) >= 11 is 0. The monoisotopic (exact) mass is 470 g/mol. The van der Waals surface area contributed by atoms with E-state index in [-0.39, 0.29) is 29.7 Å². The van der Waals surface area contributed by atoms with Crippen molar-refractivity contribution in [3.63, 3.8) is 0 Å². The molecule has 0 fully saturated rings. The van der Waals surface area contributed by atoms with Gasteiger partial charge in [0.15, 0.2) is 6.10 Å². The third kappa shape index (κ3) is 6.26. The number of hydrogen-bond donors (Lipinski definition) is 2. The number of carbonyl (C=O) groups excluding carboxylic acids is 2. The summed E-state index contributed by atoms with van der Waals surface area (Å²) in [6, 6.07) is 5.48. The second kappa shape index (κ2) is 10.7. The van der Waals surface area contributed by atoms with Crippen LogP contribution in [0.2, 0.25) is 0 Å². The maximum absolute atomic E-state index is 14.5. The van der Waals surface area contributed by atoms with E-state index >= 15 is 0 Å². The molecule has 2 unspecified atom stereocenters. The molecule has 1 aromatic heterocycles. The molecule has 0 bridgehead atoms. The number of hydrogen-bond acceptors (Lipinski definition) is 9. The zero-order valence-electron chi connectivity index (χ0n) is 17.8. The molecule has 32 heavy (non-hydrogen) atoms. The number of anilines is 1. The zero-order valence-corrected chi connectivity index (χ0v) is 18.6. The number of carbonyl (C=O) groups is 2. The fourth-order valence-corrected chi connectivity index (χ4v) is 3.82. The number of amides is 2. The topological polar surface area (TPSA) is 146 Å². The number of ether oxygens (including phenoxy) is 3. The Bertz CT molecular complexity index is 1060. The van der Waals surface area contributed by atoms with Gasteiger partial charge in [-0.1, -0.05) is 25.1 Å². The fraction of sp³-hybridized carbons (Fsp3) is 0.368. The maximum atomic E-state index is 14.5. The van der Waals surface area contributed by atoms with Crippen LogP contribution >= 0.6 is 0 Å². The average Bonchev–Trinajstić information content (AvgIpc) is 2.75. The van der Waals surface area contributed by atoms with Gasteiger partial charge in [-0.05, 0) is 12.5 Å². The molecular formula is C19H23FN4O7S. The molecule has 2 N–H and O–H groups in total. The van der Waals surface area contributed by atoms with E-state index in [9.17, 15) is 22.4 Å². The molecule has 2 aromatic rings. The zero-order chi connectivity index (χ0) is 23.9. The lowest BCUT2D eigenvalue weighted by Crippen LogP contribution is -2.36. The van der Waals surface area contributed by atoms with Crippen molar-refractivity contribution >= 4 is 28.0 Å². The summed E-state index contributed by atoms with van der Waals surface area (Å²) < 4.78 is 57.0. The van der Waals surface area contributed by atoms with E-state index in [0.717, 1.165) is 13.0 Å². The molecule has 0 spiro atoms. The minimum atomic E-state index is -4.50. The molecule has 2 amide bonds. The van der Waals surface area contributed by atoms with Crippen LogP contribution in [0.4, 0.5) is 15.1 Å². The minimum Gasteiger partial charge on any atom is -0.481 e. The minimum absolute atomic E-state index is 0.0325. The van der Waals surface area contributed by atoms with Gasteiger partial charge in [-0.15, -0.1) is 0 Å². The average molecular weight is 470 g/mol. The van der Waals surface area contributed by atoms with Crippen molar-refractivity contribution in [3.05, 3.63) is 35.9 Å². The Balaban J connectivity index is 2.33. The number of benzene rings is 1. The summed E-state index contributed by atoms with van der Waals surface area (Å²) in [7, 11) is -1.83. The standard InChI is InChI=1S/C19H23FN4O7S/c1-5-13(20)17(31-11(2)25)12-8-6-7-9-14(12)32(27,28)24-19(26)23-18-21-15(29-3)10-16(22-18)30-4/h6-10,13,17H,5H2,1-4H3,(H2,21,22,23,24,26). The highest BCUT2D eigenvalue weighted by molar-refractivity contribution is 7.90. The lowest BCUT2D eigenvalue weighted by molar-refractivity contribution is -0.150. The van der Waals surface area contributed by atoms with Crippen molar-refractivity contribution in [2.75, 3.05) is 19.5 Å². The first-order valence-corrected chi connectivity index (χ1v) is 10.8. The number of nitrogens with zero attached hydrogens (tertiary/aromatic N) is 2. The Labute approximate surface area is 184 Å². The Morgan fingerprint density at radius 1 is 1.12 bits per heavy atom. The number of sulfonamides is 1. The maximum Gasteiger partial charge on any atom is 0.335 e. The molecule has 1 heterocycles. The van der Waals surface area contributed by atoms with Gasteiger partial charge in [-0.25, -0.2) is 22.3 Å². The van der Waals surface area contributed by atoms with Gasteiger partial charge in [0.1, 0.15) is 6.17 Å². The van der Waals surface area contributed by atoms with Gasteiger partial charge in [0.05, 0.1) is 25.2 Å². The van der Waals surface area contributed by atoms with Crippen molar-refractivity contribution in [1.82, 2.24) is 14.7 Å². The number of esters is 1. The Morgan fingerprint density at radius 2 is 1.72 bits per heavy atom. The second-order valence-electron chi connectivity index (χ2n) is 6.33. The molecule has 0 aliphatic carbocycles. The van der Waals surface area contributed by atoms with Crippen LogP contribution in [0.1, 0.15) is 31.9 Å². The van der Waals surface area contributed by atoms with Crippen LogP contribution in [-0.2, 0) is 19.6 Å². The van der Waals surface area contributed by atoms with Gasteiger partial charge in [0.25, 0.3) is 10.0 Å². The van der Waals surface area contributed by atoms with Crippen molar-refractivity contribution in [2.45, 2.75) is 37.4 Å². The molecule has 0 saturated heterocycles. The molecule has 1 aromatic carbocycles. The number of urea groups is 1. The third-order valence-corrected chi connectivity index (χ3v) is 5.48. The first-order chi connectivity index (χ1) is 15.1. The first-order valence-electron chi connectivity index (χ1n) is 9.32. The fourth-order valence-electron chi connectivity index (χ4n) is 2.66. The Morgan fingerprint density at radius 3 is 2.25 bits per heavy atom.